The van der Waals surface area contributed by atoms with E-state index < -0.39 is 11.5 Å². The van der Waals surface area contributed by atoms with Crippen LogP contribution in [0.25, 0.3) is 10.9 Å². The minimum Gasteiger partial charge on any atom is -0.490 e. The first-order chi connectivity index (χ1) is 14.5. The number of benzene rings is 1. The van der Waals surface area contributed by atoms with Crippen molar-refractivity contribution >= 4 is 22.9 Å². The number of fused-ring (bicyclic) bond motifs is 1. The molecule has 1 aromatic carbocycles. The standard InChI is InChI=1S/C23H31N3O5/c1-14(2)29-20-13-16-18(12-17(20)21(24)27)25-9-6-19(16)30-15-7-10-26(11-8-15)22(28)31-23(3,4)5/h6,9,12-15H,7-8,10-11H2,1-5H3,(H2,24,27). The lowest BCUT2D eigenvalue weighted by Crippen LogP contribution is -2.44. The highest BCUT2D eigenvalue weighted by atomic mass is 16.6. The maximum atomic E-state index is 12.3. The maximum Gasteiger partial charge on any atom is 0.410 e. The van der Waals surface area contributed by atoms with Gasteiger partial charge < -0.3 is 24.8 Å². The van der Waals surface area contributed by atoms with Crippen molar-refractivity contribution in [3.8, 4) is 11.5 Å². The predicted octanol–water partition coefficient (Wildman–Crippen LogP) is 3.90. The van der Waals surface area contributed by atoms with E-state index in [0.717, 1.165) is 5.39 Å². The van der Waals surface area contributed by atoms with E-state index in [1.807, 2.05) is 34.6 Å². The number of likely N-dealkylation sites (tertiary alicyclic amines) is 1. The molecule has 0 saturated carbocycles. The number of hydrogen-bond acceptors (Lipinski definition) is 6. The van der Waals surface area contributed by atoms with Gasteiger partial charge in [0.05, 0.1) is 17.2 Å². The minimum atomic E-state index is -0.569. The van der Waals surface area contributed by atoms with Gasteiger partial charge in [-0.2, -0.15) is 0 Å². The molecule has 0 unspecified atom stereocenters. The van der Waals surface area contributed by atoms with E-state index in [0.29, 0.717) is 42.9 Å². The lowest BCUT2D eigenvalue weighted by molar-refractivity contribution is 0.0127. The van der Waals surface area contributed by atoms with Gasteiger partial charge in [0.25, 0.3) is 5.91 Å². The Balaban J connectivity index is 1.76. The van der Waals surface area contributed by atoms with Crippen molar-refractivity contribution in [2.45, 2.75) is 65.3 Å². The van der Waals surface area contributed by atoms with Crippen LogP contribution in [0, 0.1) is 0 Å². The zero-order valence-electron chi connectivity index (χ0n) is 18.8. The van der Waals surface area contributed by atoms with E-state index in [2.05, 4.69) is 4.98 Å². The highest BCUT2D eigenvalue weighted by Gasteiger charge is 2.28. The second-order valence-corrected chi connectivity index (χ2v) is 8.99. The Morgan fingerprint density at radius 1 is 1.16 bits per heavy atom. The number of primary amides is 1. The van der Waals surface area contributed by atoms with E-state index in [-0.39, 0.29) is 23.9 Å². The van der Waals surface area contributed by atoms with Crippen LogP contribution in [0.2, 0.25) is 0 Å². The number of piperidine rings is 1. The molecule has 3 rings (SSSR count). The summed E-state index contributed by atoms with van der Waals surface area (Å²) in [5.41, 5.74) is 5.90. The Labute approximate surface area is 182 Å². The van der Waals surface area contributed by atoms with Gasteiger partial charge in [-0.1, -0.05) is 0 Å². The van der Waals surface area contributed by atoms with Gasteiger partial charge >= 0.3 is 6.09 Å². The molecule has 1 aliphatic heterocycles. The van der Waals surface area contributed by atoms with Crippen LogP contribution in [0.3, 0.4) is 0 Å². The zero-order valence-corrected chi connectivity index (χ0v) is 18.8. The lowest BCUT2D eigenvalue weighted by Gasteiger charge is -2.33. The Kier molecular flexibility index (Phi) is 6.57. The van der Waals surface area contributed by atoms with E-state index in [1.165, 1.54) is 0 Å². The van der Waals surface area contributed by atoms with Crippen LogP contribution in [0.5, 0.6) is 11.5 Å². The number of carbonyl (C=O) groups excluding carboxylic acids is 2. The van der Waals surface area contributed by atoms with Gasteiger partial charge in [0.2, 0.25) is 0 Å². The number of aromatic nitrogens is 1. The first-order valence-corrected chi connectivity index (χ1v) is 10.6. The van der Waals surface area contributed by atoms with Crippen LogP contribution in [0.1, 0.15) is 57.8 Å². The van der Waals surface area contributed by atoms with Gasteiger partial charge in [0, 0.05) is 37.5 Å². The number of rotatable bonds is 5. The van der Waals surface area contributed by atoms with Crippen molar-refractivity contribution in [2.24, 2.45) is 5.73 Å². The molecule has 0 radical (unpaired) electrons. The van der Waals surface area contributed by atoms with E-state index >= 15 is 0 Å². The number of carbonyl (C=O) groups is 2. The summed E-state index contributed by atoms with van der Waals surface area (Å²) < 4.78 is 17.5. The number of ether oxygens (including phenoxy) is 3. The Hall–Kier alpha value is -3.03. The van der Waals surface area contributed by atoms with Crippen molar-refractivity contribution in [1.29, 1.82) is 0 Å². The summed E-state index contributed by atoms with van der Waals surface area (Å²) >= 11 is 0. The predicted molar refractivity (Wildman–Crippen MR) is 117 cm³/mol. The second-order valence-electron chi connectivity index (χ2n) is 8.99. The third kappa shape index (κ3) is 5.77. The zero-order chi connectivity index (χ0) is 22.8. The molecule has 31 heavy (non-hydrogen) atoms. The molecule has 2 heterocycles. The molecule has 0 bridgehead atoms. The largest absolute Gasteiger partial charge is 0.490 e. The molecule has 1 aliphatic rings. The van der Waals surface area contributed by atoms with Crippen molar-refractivity contribution in [1.82, 2.24) is 9.88 Å². The van der Waals surface area contributed by atoms with Crippen molar-refractivity contribution in [2.75, 3.05) is 13.1 Å². The topological polar surface area (TPSA) is 104 Å². The van der Waals surface area contributed by atoms with Crippen molar-refractivity contribution in [3.63, 3.8) is 0 Å². The van der Waals surface area contributed by atoms with Crippen LogP contribution >= 0.6 is 0 Å². The van der Waals surface area contributed by atoms with Crippen molar-refractivity contribution in [3.05, 3.63) is 30.0 Å². The SMILES string of the molecule is CC(C)Oc1cc2c(OC3CCN(C(=O)OC(C)(C)C)CC3)ccnc2cc1C(N)=O. The molecular weight excluding hydrogens is 398 g/mol. The molecule has 2 aromatic rings. The molecular formula is C23H31N3O5. The molecule has 1 aromatic heterocycles. The molecule has 8 nitrogen and oxygen atoms in total. The summed E-state index contributed by atoms with van der Waals surface area (Å²) in [7, 11) is 0. The molecule has 0 spiro atoms. The minimum absolute atomic E-state index is 0.0467. The highest BCUT2D eigenvalue weighted by Crippen LogP contribution is 2.33. The fourth-order valence-electron chi connectivity index (χ4n) is 3.46. The molecule has 1 fully saturated rings. The number of hydrogen-bond donors (Lipinski definition) is 1. The maximum absolute atomic E-state index is 12.3. The third-order valence-corrected chi connectivity index (χ3v) is 4.82. The fraction of sp³-hybridized carbons (Fsp3) is 0.522. The molecule has 2 amide bonds. The van der Waals surface area contributed by atoms with Crippen LogP contribution in [-0.2, 0) is 4.74 Å². The monoisotopic (exact) mass is 429 g/mol. The summed E-state index contributed by atoms with van der Waals surface area (Å²) in [6.45, 7) is 10.5. The smallest absolute Gasteiger partial charge is 0.410 e. The first-order valence-electron chi connectivity index (χ1n) is 10.6. The number of amides is 2. The number of nitrogens with zero attached hydrogens (tertiary/aromatic N) is 2. The van der Waals surface area contributed by atoms with Crippen molar-refractivity contribution < 1.29 is 23.8 Å². The van der Waals surface area contributed by atoms with Gasteiger partial charge in [-0.15, -0.1) is 0 Å². The number of pyridine rings is 1. The number of nitrogens with two attached hydrogens (primary N) is 1. The Morgan fingerprint density at radius 3 is 2.42 bits per heavy atom. The Morgan fingerprint density at radius 2 is 1.84 bits per heavy atom. The normalized spacial score (nSPS) is 15.2. The van der Waals surface area contributed by atoms with E-state index in [1.54, 1.807) is 29.3 Å². The first kappa shape index (κ1) is 22.7. The summed E-state index contributed by atoms with van der Waals surface area (Å²) in [5, 5.41) is 0.748. The van der Waals surface area contributed by atoms with E-state index in [4.69, 9.17) is 19.9 Å². The van der Waals surface area contributed by atoms with Crippen LogP contribution in [0.4, 0.5) is 4.79 Å². The molecule has 0 atom stereocenters. The van der Waals surface area contributed by atoms with Gasteiger partial charge in [0.1, 0.15) is 23.2 Å². The fourth-order valence-corrected chi connectivity index (χ4v) is 3.46. The second kappa shape index (κ2) is 8.99. The summed E-state index contributed by atoms with van der Waals surface area (Å²) in [6.07, 6.45) is 2.56. The highest BCUT2D eigenvalue weighted by molar-refractivity contribution is 6.01. The van der Waals surface area contributed by atoms with Gasteiger partial charge in [-0.05, 0) is 52.8 Å². The van der Waals surface area contributed by atoms with Crippen LogP contribution in [0.15, 0.2) is 24.4 Å². The summed E-state index contributed by atoms with van der Waals surface area (Å²) in [5.74, 6) is 0.498. The summed E-state index contributed by atoms with van der Waals surface area (Å²) in [4.78, 5) is 30.2. The molecule has 0 aliphatic carbocycles. The molecule has 2 N–H and O–H groups in total. The average molecular weight is 430 g/mol. The van der Waals surface area contributed by atoms with Gasteiger partial charge in [-0.25, -0.2) is 4.79 Å². The third-order valence-electron chi connectivity index (χ3n) is 4.82. The van der Waals surface area contributed by atoms with E-state index in [9.17, 15) is 9.59 Å². The van der Waals surface area contributed by atoms with Gasteiger partial charge in [-0.3, -0.25) is 9.78 Å². The molecule has 8 heteroatoms. The summed E-state index contributed by atoms with van der Waals surface area (Å²) in [6, 6.07) is 5.19. The van der Waals surface area contributed by atoms with Crippen LogP contribution < -0.4 is 15.2 Å². The average Bonchev–Trinajstić information content (AvgIpc) is 2.66. The van der Waals surface area contributed by atoms with Crippen LogP contribution in [-0.4, -0.2) is 52.8 Å². The quantitative estimate of drug-likeness (QED) is 0.773. The lowest BCUT2D eigenvalue weighted by atomic mass is 10.1. The Bertz CT molecular complexity index is 960. The molecule has 1 saturated heterocycles. The molecule has 168 valence electrons. The van der Waals surface area contributed by atoms with Gasteiger partial charge in [0.15, 0.2) is 0 Å².